The number of carbonyl (C=O) groups is 1. The fourth-order valence-electron chi connectivity index (χ4n) is 3.22. The number of halogens is 4. The second-order valence-electron chi connectivity index (χ2n) is 7.26. The maximum atomic E-state index is 14.6. The molecule has 0 spiro atoms. The van der Waals surface area contributed by atoms with Gasteiger partial charge in [0.1, 0.15) is 5.82 Å². The monoisotopic (exact) mass is 479 g/mol. The third-order valence-electron chi connectivity index (χ3n) is 4.79. The molecular formula is C23H21F4N3O4. The normalized spacial score (nSPS) is 12.2. The summed E-state index contributed by atoms with van der Waals surface area (Å²) in [5, 5.41) is 14.0. The topological polar surface area (TPSA) is 103 Å². The van der Waals surface area contributed by atoms with Gasteiger partial charge in [0.2, 0.25) is 0 Å². The zero-order valence-electron chi connectivity index (χ0n) is 18.1. The molecule has 0 saturated carbocycles. The van der Waals surface area contributed by atoms with E-state index >= 15 is 0 Å². The minimum atomic E-state index is -4.74. The maximum Gasteiger partial charge on any atom is 0.416 e. The Bertz CT molecular complexity index is 1260. The van der Waals surface area contributed by atoms with Crippen molar-refractivity contribution in [2.45, 2.75) is 26.1 Å². The van der Waals surface area contributed by atoms with Crippen molar-refractivity contribution < 1.29 is 32.2 Å². The summed E-state index contributed by atoms with van der Waals surface area (Å²) in [4.78, 5) is 26.5. The Balaban J connectivity index is 1.77. The van der Waals surface area contributed by atoms with E-state index in [9.17, 15) is 32.3 Å². The fraction of sp³-hybridized carbons (Fsp3) is 0.217. The summed E-state index contributed by atoms with van der Waals surface area (Å²) >= 11 is 0. The molecule has 2 amide bonds. The lowest BCUT2D eigenvalue weighted by Crippen LogP contribution is -2.21. The smallest absolute Gasteiger partial charge is 0.416 e. The first-order valence-corrected chi connectivity index (χ1v) is 10.1. The molecule has 0 aliphatic rings. The SMILES string of the molecule is CCOc1cc(-c2ccc(NC(=O)Nc3ccc(C(C)O)c(C(F)(F)F)c3)c(F)c2)c[nH]c1=O. The number of aliphatic hydroxyl groups excluding tert-OH is 1. The molecule has 1 heterocycles. The summed E-state index contributed by atoms with van der Waals surface area (Å²) in [5.74, 6) is -0.737. The molecule has 4 N–H and O–H groups in total. The van der Waals surface area contributed by atoms with Crippen molar-refractivity contribution in [3.63, 3.8) is 0 Å². The number of aliphatic hydroxyl groups is 1. The number of ether oxygens (including phenoxy) is 1. The first-order valence-electron chi connectivity index (χ1n) is 10.1. The number of pyridine rings is 1. The summed E-state index contributed by atoms with van der Waals surface area (Å²) < 4.78 is 59.7. The van der Waals surface area contributed by atoms with Crippen LogP contribution in [0.1, 0.15) is 31.1 Å². The van der Waals surface area contributed by atoms with Gasteiger partial charge >= 0.3 is 12.2 Å². The largest absolute Gasteiger partial charge is 0.488 e. The Hall–Kier alpha value is -3.86. The van der Waals surface area contributed by atoms with E-state index in [2.05, 4.69) is 15.6 Å². The molecule has 0 saturated heterocycles. The number of benzene rings is 2. The van der Waals surface area contributed by atoms with Crippen LogP contribution < -0.4 is 20.9 Å². The lowest BCUT2D eigenvalue weighted by Gasteiger charge is -2.17. The third-order valence-corrected chi connectivity index (χ3v) is 4.79. The predicted octanol–water partition coefficient (Wildman–Crippen LogP) is 5.30. The molecule has 0 fully saturated rings. The number of aromatic amines is 1. The van der Waals surface area contributed by atoms with Gasteiger partial charge in [-0.25, -0.2) is 9.18 Å². The van der Waals surface area contributed by atoms with Crippen LogP contribution >= 0.6 is 0 Å². The average molecular weight is 479 g/mol. The van der Waals surface area contributed by atoms with Gasteiger partial charge in [-0.1, -0.05) is 12.1 Å². The lowest BCUT2D eigenvalue weighted by atomic mass is 10.0. The third kappa shape index (κ3) is 5.73. The molecule has 2 aromatic carbocycles. The molecule has 0 aliphatic heterocycles. The van der Waals surface area contributed by atoms with Crippen molar-refractivity contribution in [2.75, 3.05) is 17.2 Å². The van der Waals surface area contributed by atoms with Crippen LogP contribution in [0.3, 0.4) is 0 Å². The van der Waals surface area contributed by atoms with Gasteiger partial charge in [-0.15, -0.1) is 0 Å². The van der Waals surface area contributed by atoms with Crippen LogP contribution in [0.2, 0.25) is 0 Å². The van der Waals surface area contributed by atoms with Gasteiger partial charge in [-0.05, 0) is 55.3 Å². The first-order chi connectivity index (χ1) is 16.0. The van der Waals surface area contributed by atoms with Crippen LogP contribution in [-0.4, -0.2) is 22.7 Å². The van der Waals surface area contributed by atoms with Crippen LogP contribution in [0.15, 0.2) is 53.5 Å². The number of hydrogen-bond donors (Lipinski definition) is 4. The standard InChI is InChI=1S/C23H21F4N3O4/c1-3-34-20-9-14(11-28-21(20)32)13-4-7-19(18(24)8-13)30-22(33)29-15-5-6-16(12(2)31)17(10-15)23(25,26)27/h4-12,31H,3H2,1-2H3,(H,28,32)(H2,29,30,33). The summed E-state index contributed by atoms with van der Waals surface area (Å²) in [7, 11) is 0. The van der Waals surface area contributed by atoms with Crippen LogP contribution in [0.4, 0.5) is 33.7 Å². The van der Waals surface area contributed by atoms with Gasteiger partial charge in [-0.3, -0.25) is 4.79 Å². The van der Waals surface area contributed by atoms with Gasteiger partial charge in [0.15, 0.2) is 5.75 Å². The minimum Gasteiger partial charge on any atom is -0.488 e. The van der Waals surface area contributed by atoms with Crippen molar-refractivity contribution in [3.8, 4) is 16.9 Å². The van der Waals surface area contributed by atoms with Crippen molar-refractivity contribution in [3.05, 3.63) is 76.0 Å². The van der Waals surface area contributed by atoms with E-state index in [1.54, 1.807) is 6.92 Å². The van der Waals surface area contributed by atoms with Crippen molar-refractivity contribution in [1.29, 1.82) is 0 Å². The molecule has 0 aliphatic carbocycles. The second-order valence-corrected chi connectivity index (χ2v) is 7.26. The Morgan fingerprint density at radius 3 is 2.47 bits per heavy atom. The number of alkyl halides is 3. The molecule has 1 atom stereocenters. The Kier molecular flexibility index (Phi) is 7.26. The van der Waals surface area contributed by atoms with E-state index in [1.807, 2.05) is 0 Å². The summed E-state index contributed by atoms with van der Waals surface area (Å²) in [6.07, 6.45) is -4.72. The molecule has 0 bridgehead atoms. The first kappa shape index (κ1) is 24.8. The highest BCUT2D eigenvalue weighted by molar-refractivity contribution is 6.00. The van der Waals surface area contributed by atoms with E-state index in [4.69, 9.17) is 4.74 Å². The highest BCUT2D eigenvalue weighted by Crippen LogP contribution is 2.36. The Morgan fingerprint density at radius 1 is 1.12 bits per heavy atom. The van der Waals surface area contributed by atoms with Gasteiger partial charge < -0.3 is 25.5 Å². The molecule has 34 heavy (non-hydrogen) atoms. The molecule has 3 rings (SSSR count). The summed E-state index contributed by atoms with van der Waals surface area (Å²) in [6, 6.07) is 7.31. The van der Waals surface area contributed by atoms with E-state index in [-0.39, 0.29) is 29.3 Å². The second kappa shape index (κ2) is 9.96. The van der Waals surface area contributed by atoms with Crippen LogP contribution in [0.25, 0.3) is 11.1 Å². The van der Waals surface area contributed by atoms with Crippen molar-refractivity contribution >= 4 is 17.4 Å². The highest BCUT2D eigenvalue weighted by Gasteiger charge is 2.34. The van der Waals surface area contributed by atoms with E-state index in [0.717, 1.165) is 12.1 Å². The molecular weight excluding hydrogens is 458 g/mol. The van der Waals surface area contributed by atoms with Gasteiger partial charge in [0.25, 0.3) is 5.56 Å². The number of amides is 2. The number of nitrogens with one attached hydrogen (secondary N) is 3. The fourth-order valence-corrected chi connectivity index (χ4v) is 3.22. The molecule has 3 aromatic rings. The molecule has 1 unspecified atom stereocenters. The molecule has 11 heteroatoms. The van der Waals surface area contributed by atoms with E-state index < -0.39 is 35.3 Å². The van der Waals surface area contributed by atoms with Crippen LogP contribution in [0, 0.1) is 5.82 Å². The average Bonchev–Trinajstić information content (AvgIpc) is 2.76. The number of H-pyrrole nitrogens is 1. The van der Waals surface area contributed by atoms with Gasteiger partial charge in [0.05, 0.1) is 24.0 Å². The number of hydrogen-bond acceptors (Lipinski definition) is 4. The summed E-state index contributed by atoms with van der Waals surface area (Å²) in [6.45, 7) is 3.18. The number of rotatable bonds is 6. The maximum absolute atomic E-state index is 14.6. The lowest BCUT2D eigenvalue weighted by molar-refractivity contribution is -0.139. The predicted molar refractivity (Wildman–Crippen MR) is 118 cm³/mol. The van der Waals surface area contributed by atoms with E-state index in [1.165, 1.54) is 37.4 Å². The van der Waals surface area contributed by atoms with Gasteiger partial charge in [0, 0.05) is 17.4 Å². The zero-order chi connectivity index (χ0) is 25.0. The van der Waals surface area contributed by atoms with E-state index in [0.29, 0.717) is 17.2 Å². The minimum absolute atomic E-state index is 0.0711. The zero-order valence-corrected chi connectivity index (χ0v) is 18.1. The van der Waals surface area contributed by atoms with Gasteiger partial charge in [-0.2, -0.15) is 13.2 Å². The van der Waals surface area contributed by atoms with Crippen LogP contribution in [0.5, 0.6) is 5.75 Å². The number of anilines is 2. The molecule has 0 radical (unpaired) electrons. The molecule has 1 aromatic heterocycles. The molecule has 180 valence electrons. The number of carbonyl (C=O) groups excluding carboxylic acids is 1. The number of aromatic nitrogens is 1. The molecule has 7 nitrogen and oxygen atoms in total. The summed E-state index contributed by atoms with van der Waals surface area (Å²) in [5.41, 5.74) is -1.41. The highest BCUT2D eigenvalue weighted by atomic mass is 19.4. The number of urea groups is 1. The van der Waals surface area contributed by atoms with Crippen molar-refractivity contribution in [1.82, 2.24) is 4.98 Å². The van der Waals surface area contributed by atoms with Crippen LogP contribution in [-0.2, 0) is 6.18 Å². The quantitative estimate of drug-likeness (QED) is 0.361. The van der Waals surface area contributed by atoms with Crippen molar-refractivity contribution in [2.24, 2.45) is 0 Å². The Morgan fingerprint density at radius 2 is 1.85 bits per heavy atom. The Labute approximate surface area is 191 Å².